The van der Waals surface area contributed by atoms with Crippen molar-refractivity contribution >= 4 is 33.6 Å². The average molecular weight is 306 g/mol. The molecule has 5 nitrogen and oxygen atoms in total. The fourth-order valence-electron chi connectivity index (χ4n) is 1.71. The van der Waals surface area contributed by atoms with Crippen LogP contribution in [0.3, 0.4) is 0 Å². The van der Waals surface area contributed by atoms with Crippen LogP contribution in [0.25, 0.3) is 0 Å². The van der Waals surface area contributed by atoms with Gasteiger partial charge in [-0.3, -0.25) is 4.79 Å². The van der Waals surface area contributed by atoms with E-state index in [0.29, 0.717) is 13.1 Å². The van der Waals surface area contributed by atoms with Gasteiger partial charge in [-0.25, -0.2) is 4.79 Å². The summed E-state index contributed by atoms with van der Waals surface area (Å²) in [5.74, 6) is 0.961. The molecule has 0 spiro atoms. The zero-order valence-corrected chi connectivity index (χ0v) is 12.9. The monoisotopic (exact) mass is 306 g/mol. The van der Waals surface area contributed by atoms with Crippen LogP contribution in [0.5, 0.6) is 0 Å². The number of hydrogen-bond acceptors (Lipinski definition) is 5. The van der Waals surface area contributed by atoms with E-state index in [-0.39, 0.29) is 18.4 Å². The molecule has 1 rings (SSSR count). The van der Waals surface area contributed by atoms with Gasteiger partial charge in [0.15, 0.2) is 0 Å². The number of hydrogen-bond donors (Lipinski definition) is 2. The van der Waals surface area contributed by atoms with Gasteiger partial charge in [-0.2, -0.15) is 0 Å². The van der Waals surface area contributed by atoms with Crippen LogP contribution in [0.4, 0.5) is 4.79 Å². The second-order valence-corrected chi connectivity index (χ2v) is 7.12. The van der Waals surface area contributed by atoms with Gasteiger partial charge < -0.3 is 15.4 Å². The maximum atomic E-state index is 11.4. The summed E-state index contributed by atoms with van der Waals surface area (Å²) < 4.78 is 4.48. The van der Waals surface area contributed by atoms with Gasteiger partial charge in [-0.05, 0) is 19.3 Å². The van der Waals surface area contributed by atoms with E-state index in [1.807, 2.05) is 21.6 Å². The first kappa shape index (κ1) is 16.5. The first-order valence-corrected chi connectivity index (χ1v) is 8.97. The highest BCUT2D eigenvalue weighted by atomic mass is 33.1. The van der Waals surface area contributed by atoms with Gasteiger partial charge in [0.25, 0.3) is 0 Å². The summed E-state index contributed by atoms with van der Waals surface area (Å²) in [6, 6.07) is -0.213. The first-order valence-electron chi connectivity index (χ1n) is 6.59. The molecule has 1 heterocycles. The van der Waals surface area contributed by atoms with Crippen molar-refractivity contribution in [2.45, 2.75) is 37.4 Å². The first-order chi connectivity index (χ1) is 9.22. The van der Waals surface area contributed by atoms with Crippen molar-refractivity contribution in [3.05, 3.63) is 0 Å². The Bertz CT molecular complexity index is 284. The Hall–Kier alpha value is -0.560. The molecule has 7 heteroatoms. The molecule has 1 atom stereocenters. The third-order valence-electron chi connectivity index (χ3n) is 2.81. The number of ether oxygens (including phenoxy) is 1. The molecule has 110 valence electrons. The van der Waals surface area contributed by atoms with Crippen molar-refractivity contribution in [3.63, 3.8) is 0 Å². The Morgan fingerprint density at radius 3 is 2.74 bits per heavy atom. The molecule has 2 N–H and O–H groups in total. The molecule has 0 saturated carbocycles. The molecule has 0 radical (unpaired) electrons. The van der Waals surface area contributed by atoms with Gasteiger partial charge in [0.1, 0.15) is 0 Å². The summed E-state index contributed by atoms with van der Waals surface area (Å²) in [6.45, 7) is 1.00. The Labute approximate surface area is 122 Å². The lowest BCUT2D eigenvalue weighted by Gasteiger charge is -2.08. The maximum absolute atomic E-state index is 11.4. The predicted molar refractivity (Wildman–Crippen MR) is 80.3 cm³/mol. The molecule has 19 heavy (non-hydrogen) atoms. The topological polar surface area (TPSA) is 67.4 Å². The van der Waals surface area contributed by atoms with Gasteiger partial charge >= 0.3 is 12.0 Å². The van der Waals surface area contributed by atoms with Crippen molar-refractivity contribution in [1.29, 1.82) is 0 Å². The molecular weight excluding hydrogens is 284 g/mol. The minimum absolute atomic E-state index is 0.209. The second-order valence-electron chi connectivity index (χ2n) is 4.33. The molecule has 1 fully saturated rings. The summed E-state index contributed by atoms with van der Waals surface area (Å²) in [4.78, 5) is 22.2. The zero-order chi connectivity index (χ0) is 13.9. The van der Waals surface area contributed by atoms with Crippen molar-refractivity contribution < 1.29 is 14.3 Å². The highest BCUT2D eigenvalue weighted by Crippen LogP contribution is 2.39. The lowest BCUT2D eigenvalue weighted by atomic mass is 10.1. The van der Waals surface area contributed by atoms with E-state index in [0.717, 1.165) is 18.1 Å². The quantitative estimate of drug-likeness (QED) is 0.409. The van der Waals surface area contributed by atoms with E-state index in [1.54, 1.807) is 0 Å². The van der Waals surface area contributed by atoms with Crippen LogP contribution in [0.1, 0.15) is 32.1 Å². The number of methoxy groups -OCH3 is 1. The number of carbonyl (C=O) groups is 2. The summed E-state index contributed by atoms with van der Waals surface area (Å²) >= 11 is 0. The molecule has 0 aromatic carbocycles. The smallest absolute Gasteiger partial charge is 0.314 e. The summed E-state index contributed by atoms with van der Waals surface area (Å²) in [5.41, 5.74) is 0. The number of esters is 1. The van der Waals surface area contributed by atoms with E-state index in [2.05, 4.69) is 15.4 Å². The number of rotatable bonds is 8. The summed E-state index contributed by atoms with van der Waals surface area (Å²) in [5, 5.41) is 6.21. The molecule has 0 bridgehead atoms. The fraction of sp³-hybridized carbons (Fsp3) is 0.833. The van der Waals surface area contributed by atoms with Gasteiger partial charge in [0.2, 0.25) is 0 Å². The van der Waals surface area contributed by atoms with Gasteiger partial charge in [0, 0.05) is 24.1 Å². The van der Waals surface area contributed by atoms with E-state index in [9.17, 15) is 9.59 Å². The van der Waals surface area contributed by atoms with Crippen LogP contribution in [0.2, 0.25) is 0 Å². The number of amides is 2. The van der Waals surface area contributed by atoms with Gasteiger partial charge in [-0.15, -0.1) is 0 Å². The minimum Gasteiger partial charge on any atom is -0.469 e. The van der Waals surface area contributed by atoms with Gasteiger partial charge in [0.05, 0.1) is 13.5 Å². The number of unbranched alkanes of at least 4 members (excludes halogenated alkanes) is 1. The average Bonchev–Trinajstić information content (AvgIpc) is 2.91. The Kier molecular flexibility index (Phi) is 8.90. The minimum atomic E-state index is -0.313. The number of nitrogens with one attached hydrogen (secondary N) is 2. The second kappa shape index (κ2) is 10.3. The molecule has 2 amide bonds. The Balaban J connectivity index is 1.88. The molecular formula is C12H22N2O3S2. The largest absolute Gasteiger partial charge is 0.469 e. The lowest BCUT2D eigenvalue weighted by Crippen LogP contribution is -2.37. The molecule has 0 aromatic heterocycles. The van der Waals surface area contributed by atoms with Crippen molar-refractivity contribution in [3.8, 4) is 0 Å². The van der Waals surface area contributed by atoms with Crippen LogP contribution in [0, 0.1) is 0 Å². The molecule has 0 aromatic rings. The van der Waals surface area contributed by atoms with E-state index in [4.69, 9.17) is 0 Å². The van der Waals surface area contributed by atoms with Crippen LogP contribution >= 0.6 is 21.6 Å². The molecule has 1 saturated heterocycles. The van der Waals surface area contributed by atoms with Crippen LogP contribution in [-0.2, 0) is 9.53 Å². The van der Waals surface area contributed by atoms with E-state index in [1.165, 1.54) is 25.7 Å². The third kappa shape index (κ3) is 8.26. The highest BCUT2D eigenvalue weighted by molar-refractivity contribution is 8.77. The van der Waals surface area contributed by atoms with E-state index < -0.39 is 0 Å². The fourth-order valence-corrected chi connectivity index (χ4v) is 4.73. The Morgan fingerprint density at radius 1 is 1.26 bits per heavy atom. The summed E-state index contributed by atoms with van der Waals surface area (Å²) in [7, 11) is 5.30. The normalized spacial score (nSPS) is 18.1. The third-order valence-corrected chi connectivity index (χ3v) is 5.81. The van der Waals surface area contributed by atoms with E-state index >= 15 is 0 Å². The lowest BCUT2D eigenvalue weighted by molar-refractivity contribution is -0.140. The molecule has 1 aliphatic rings. The predicted octanol–water partition coefficient (Wildman–Crippen LogP) is 2.17. The molecule has 1 aliphatic heterocycles. The standard InChI is InChI=1S/C12H22N2O3S2/c1-17-11(15)5-8-14-12(16)13-7-3-2-4-10-6-9-18-19-10/h10H,2-9H2,1H3,(H2,13,14,16)/t10-/m1/s1. The Morgan fingerprint density at radius 2 is 2.05 bits per heavy atom. The highest BCUT2D eigenvalue weighted by Gasteiger charge is 2.15. The molecule has 0 aliphatic carbocycles. The summed E-state index contributed by atoms with van der Waals surface area (Å²) in [6.07, 6.45) is 4.92. The van der Waals surface area contributed by atoms with Crippen LogP contribution in [-0.4, -0.2) is 43.2 Å². The number of urea groups is 1. The van der Waals surface area contributed by atoms with Crippen molar-refractivity contribution in [2.24, 2.45) is 0 Å². The van der Waals surface area contributed by atoms with Crippen molar-refractivity contribution in [2.75, 3.05) is 26.0 Å². The van der Waals surface area contributed by atoms with Crippen LogP contribution < -0.4 is 10.6 Å². The SMILES string of the molecule is COC(=O)CCNC(=O)NCCCC[C@@H]1CCSS1. The van der Waals surface area contributed by atoms with Gasteiger partial charge in [-0.1, -0.05) is 28.0 Å². The zero-order valence-electron chi connectivity index (χ0n) is 11.3. The molecule has 0 unspecified atom stereocenters. The van der Waals surface area contributed by atoms with Crippen LogP contribution in [0.15, 0.2) is 0 Å². The number of carbonyl (C=O) groups excluding carboxylic acids is 2. The van der Waals surface area contributed by atoms with Crippen molar-refractivity contribution in [1.82, 2.24) is 10.6 Å². The maximum Gasteiger partial charge on any atom is 0.314 e.